The van der Waals surface area contributed by atoms with Gasteiger partial charge in [0, 0.05) is 30.7 Å². The van der Waals surface area contributed by atoms with Gasteiger partial charge in [-0.05, 0) is 12.1 Å². The molecule has 2 heterocycles. The minimum Gasteiger partial charge on any atom is -0.460 e. The number of aryl methyl sites for hydroxylation is 1. The normalized spacial score (nSPS) is 11.2. The van der Waals surface area contributed by atoms with Gasteiger partial charge in [0.15, 0.2) is 0 Å². The number of nitrogens with one attached hydrogen (secondary N) is 1. The highest BCUT2D eigenvalue weighted by Crippen LogP contribution is 2.18. The van der Waals surface area contributed by atoms with Gasteiger partial charge in [-0.2, -0.15) is 5.10 Å². The van der Waals surface area contributed by atoms with Crippen LogP contribution in [0.5, 0.6) is 0 Å². The first kappa shape index (κ1) is 11.0. The molecule has 0 radical (unpaired) electrons. The molecule has 0 unspecified atom stereocenters. The van der Waals surface area contributed by atoms with Gasteiger partial charge in [0.2, 0.25) is 0 Å². The zero-order valence-electron chi connectivity index (χ0n) is 10.3. The fourth-order valence-corrected chi connectivity index (χ4v) is 2.02. The van der Waals surface area contributed by atoms with Crippen molar-refractivity contribution in [2.75, 3.05) is 0 Å². The lowest BCUT2D eigenvalue weighted by Gasteiger charge is -1.99. The SMILES string of the molecule is Cn1cc(CNCc2cc3ccccc3o2)cn1. The average Bonchev–Trinajstić information content (AvgIpc) is 2.95. The zero-order valence-corrected chi connectivity index (χ0v) is 10.3. The van der Waals surface area contributed by atoms with Gasteiger partial charge in [-0.15, -0.1) is 0 Å². The van der Waals surface area contributed by atoms with Crippen LogP contribution in [0.15, 0.2) is 47.1 Å². The van der Waals surface area contributed by atoms with E-state index < -0.39 is 0 Å². The second-order valence-corrected chi connectivity index (χ2v) is 4.38. The molecule has 0 fully saturated rings. The van der Waals surface area contributed by atoms with Crippen molar-refractivity contribution in [2.45, 2.75) is 13.1 Å². The molecular formula is C14H15N3O. The monoisotopic (exact) mass is 241 g/mol. The van der Waals surface area contributed by atoms with E-state index in [1.165, 1.54) is 5.56 Å². The summed E-state index contributed by atoms with van der Waals surface area (Å²) in [7, 11) is 1.92. The Kier molecular flexibility index (Phi) is 2.86. The maximum atomic E-state index is 5.73. The molecule has 4 nitrogen and oxygen atoms in total. The molecule has 0 spiro atoms. The molecule has 0 saturated carbocycles. The average molecular weight is 241 g/mol. The van der Waals surface area contributed by atoms with Crippen molar-refractivity contribution < 1.29 is 4.42 Å². The van der Waals surface area contributed by atoms with E-state index in [-0.39, 0.29) is 0 Å². The number of hydrogen-bond acceptors (Lipinski definition) is 3. The van der Waals surface area contributed by atoms with Crippen LogP contribution in [-0.2, 0) is 20.1 Å². The first-order valence-corrected chi connectivity index (χ1v) is 5.97. The molecule has 1 aromatic carbocycles. The fraction of sp³-hybridized carbons (Fsp3) is 0.214. The summed E-state index contributed by atoms with van der Waals surface area (Å²) in [6.07, 6.45) is 3.87. The summed E-state index contributed by atoms with van der Waals surface area (Å²) in [5.74, 6) is 0.958. The Bertz CT molecular complexity index is 621. The van der Waals surface area contributed by atoms with Crippen molar-refractivity contribution in [3.05, 3.63) is 54.0 Å². The molecule has 0 saturated heterocycles. The van der Waals surface area contributed by atoms with Gasteiger partial charge >= 0.3 is 0 Å². The molecule has 4 heteroatoms. The Morgan fingerprint density at radius 1 is 1.28 bits per heavy atom. The van der Waals surface area contributed by atoms with Crippen molar-refractivity contribution in [1.82, 2.24) is 15.1 Å². The second kappa shape index (κ2) is 4.66. The lowest BCUT2D eigenvalue weighted by atomic mass is 10.2. The molecule has 0 amide bonds. The minimum atomic E-state index is 0.726. The Balaban J connectivity index is 1.62. The number of fused-ring (bicyclic) bond motifs is 1. The van der Waals surface area contributed by atoms with Crippen LogP contribution in [0.2, 0.25) is 0 Å². The van der Waals surface area contributed by atoms with Crippen molar-refractivity contribution in [3.8, 4) is 0 Å². The quantitative estimate of drug-likeness (QED) is 0.763. The lowest BCUT2D eigenvalue weighted by molar-refractivity contribution is 0.513. The number of nitrogens with zero attached hydrogens (tertiary/aromatic N) is 2. The molecule has 92 valence electrons. The summed E-state index contributed by atoms with van der Waals surface area (Å²) < 4.78 is 7.53. The Morgan fingerprint density at radius 3 is 2.94 bits per heavy atom. The lowest BCUT2D eigenvalue weighted by Crippen LogP contribution is -2.11. The van der Waals surface area contributed by atoms with Crippen LogP contribution in [0.1, 0.15) is 11.3 Å². The largest absolute Gasteiger partial charge is 0.460 e. The summed E-state index contributed by atoms with van der Waals surface area (Å²) in [5.41, 5.74) is 2.12. The molecule has 1 N–H and O–H groups in total. The number of furan rings is 1. The highest BCUT2D eigenvalue weighted by Gasteiger charge is 2.02. The topological polar surface area (TPSA) is 43.0 Å². The zero-order chi connectivity index (χ0) is 12.4. The molecule has 0 atom stereocenters. The van der Waals surface area contributed by atoms with Crippen LogP contribution in [0, 0.1) is 0 Å². The maximum absolute atomic E-state index is 5.73. The fourth-order valence-electron chi connectivity index (χ4n) is 2.02. The number of hydrogen-bond donors (Lipinski definition) is 1. The van der Waals surface area contributed by atoms with Crippen LogP contribution in [0.25, 0.3) is 11.0 Å². The molecular weight excluding hydrogens is 226 g/mol. The van der Waals surface area contributed by atoms with Crippen molar-refractivity contribution >= 4 is 11.0 Å². The predicted octanol–water partition coefficient (Wildman–Crippen LogP) is 2.46. The summed E-state index contributed by atoms with van der Waals surface area (Å²) in [4.78, 5) is 0. The van der Waals surface area contributed by atoms with Gasteiger partial charge in [-0.25, -0.2) is 0 Å². The van der Waals surface area contributed by atoms with E-state index in [1.807, 2.05) is 37.6 Å². The van der Waals surface area contributed by atoms with Gasteiger partial charge in [0.05, 0.1) is 12.7 Å². The second-order valence-electron chi connectivity index (χ2n) is 4.38. The summed E-state index contributed by atoms with van der Waals surface area (Å²) in [5, 5.41) is 8.62. The van der Waals surface area contributed by atoms with E-state index in [4.69, 9.17) is 4.42 Å². The van der Waals surface area contributed by atoms with E-state index in [1.54, 1.807) is 4.68 Å². The van der Waals surface area contributed by atoms with Crippen molar-refractivity contribution in [3.63, 3.8) is 0 Å². The molecule has 0 bridgehead atoms. The Labute approximate surface area is 105 Å². The van der Waals surface area contributed by atoms with Crippen LogP contribution in [-0.4, -0.2) is 9.78 Å². The molecule has 3 rings (SSSR count). The van der Waals surface area contributed by atoms with E-state index in [0.717, 1.165) is 29.8 Å². The number of aromatic nitrogens is 2. The molecule has 0 aliphatic rings. The van der Waals surface area contributed by atoms with Gasteiger partial charge in [-0.3, -0.25) is 4.68 Å². The molecule has 2 aromatic heterocycles. The number of benzene rings is 1. The van der Waals surface area contributed by atoms with E-state index in [0.29, 0.717) is 0 Å². The maximum Gasteiger partial charge on any atom is 0.134 e. The van der Waals surface area contributed by atoms with Gasteiger partial charge < -0.3 is 9.73 Å². The molecule has 3 aromatic rings. The van der Waals surface area contributed by atoms with Crippen LogP contribution in [0.3, 0.4) is 0 Å². The third-order valence-electron chi connectivity index (χ3n) is 2.86. The predicted molar refractivity (Wildman–Crippen MR) is 70.0 cm³/mol. The third-order valence-corrected chi connectivity index (χ3v) is 2.86. The summed E-state index contributed by atoms with van der Waals surface area (Å²) >= 11 is 0. The van der Waals surface area contributed by atoms with Crippen molar-refractivity contribution in [1.29, 1.82) is 0 Å². The van der Waals surface area contributed by atoms with Gasteiger partial charge in [0.1, 0.15) is 11.3 Å². The Hall–Kier alpha value is -2.07. The van der Waals surface area contributed by atoms with Crippen LogP contribution < -0.4 is 5.32 Å². The minimum absolute atomic E-state index is 0.726. The third kappa shape index (κ3) is 2.28. The number of para-hydroxylation sites is 1. The van der Waals surface area contributed by atoms with E-state index in [2.05, 4.69) is 22.5 Å². The first-order valence-electron chi connectivity index (χ1n) is 5.97. The van der Waals surface area contributed by atoms with Crippen LogP contribution >= 0.6 is 0 Å². The van der Waals surface area contributed by atoms with E-state index in [9.17, 15) is 0 Å². The van der Waals surface area contributed by atoms with Crippen molar-refractivity contribution in [2.24, 2.45) is 7.05 Å². The highest BCUT2D eigenvalue weighted by molar-refractivity contribution is 5.77. The molecule has 0 aliphatic heterocycles. The highest BCUT2D eigenvalue weighted by atomic mass is 16.3. The number of rotatable bonds is 4. The van der Waals surface area contributed by atoms with Gasteiger partial charge in [0.25, 0.3) is 0 Å². The summed E-state index contributed by atoms with van der Waals surface area (Å²) in [6, 6.07) is 10.1. The standard InChI is InChI=1S/C14H15N3O/c1-17-10-11(8-16-17)7-15-9-13-6-12-4-2-3-5-14(12)18-13/h2-6,8,10,15H,7,9H2,1H3. The van der Waals surface area contributed by atoms with E-state index >= 15 is 0 Å². The van der Waals surface area contributed by atoms with Gasteiger partial charge in [-0.1, -0.05) is 18.2 Å². The van der Waals surface area contributed by atoms with Crippen LogP contribution in [0.4, 0.5) is 0 Å². The smallest absolute Gasteiger partial charge is 0.134 e. The molecule has 18 heavy (non-hydrogen) atoms. The summed E-state index contributed by atoms with van der Waals surface area (Å²) in [6.45, 7) is 1.52. The molecule has 0 aliphatic carbocycles. The first-order chi connectivity index (χ1) is 8.81. The Morgan fingerprint density at radius 2 is 2.17 bits per heavy atom.